The maximum atomic E-state index is 11.8. The van der Waals surface area contributed by atoms with Crippen molar-refractivity contribution in [3.63, 3.8) is 0 Å². The fourth-order valence-electron chi connectivity index (χ4n) is 3.05. The van der Waals surface area contributed by atoms with Crippen molar-refractivity contribution in [3.8, 4) is 0 Å². The molecule has 1 aromatic carbocycles. The number of anilines is 2. The van der Waals surface area contributed by atoms with E-state index in [1.165, 1.54) is 19.3 Å². The largest absolute Gasteiger partial charge is 0.377 e. The summed E-state index contributed by atoms with van der Waals surface area (Å²) in [5.74, 6) is 2.09. The van der Waals surface area contributed by atoms with Gasteiger partial charge in [0.25, 0.3) is 10.9 Å². The number of nitrogens with zero attached hydrogens (tertiary/aromatic N) is 1. The average molecular weight is 280 g/mol. The van der Waals surface area contributed by atoms with Crippen LogP contribution in [0.15, 0.2) is 9.59 Å². The molecule has 1 aliphatic heterocycles. The van der Waals surface area contributed by atoms with Gasteiger partial charge in [-0.25, -0.2) is 0 Å². The summed E-state index contributed by atoms with van der Waals surface area (Å²) >= 11 is 1.91. The summed E-state index contributed by atoms with van der Waals surface area (Å²) in [6, 6.07) is 0.384. The van der Waals surface area contributed by atoms with Crippen LogP contribution in [-0.2, 0) is 0 Å². The van der Waals surface area contributed by atoms with Crippen LogP contribution >= 0.6 is 11.8 Å². The summed E-state index contributed by atoms with van der Waals surface area (Å²) in [6.45, 7) is 1.77. The van der Waals surface area contributed by atoms with Gasteiger partial charge in [0.1, 0.15) is 11.4 Å². The number of hydrogen-bond donors (Lipinski definition) is 1. The molecular weight excluding hydrogens is 260 g/mol. The van der Waals surface area contributed by atoms with Gasteiger partial charge in [0.15, 0.2) is 0 Å². The molecule has 1 heterocycles. The molecule has 0 unspecified atom stereocenters. The molecule has 1 aliphatic carbocycles. The van der Waals surface area contributed by atoms with Gasteiger partial charge < -0.3 is 10.2 Å². The third kappa shape index (κ3) is 2.53. The summed E-state index contributed by atoms with van der Waals surface area (Å²) in [4.78, 5) is 25.7. The molecular formula is C14H20N2O2S. The number of rotatable bonds is 3. The molecule has 0 radical (unpaired) electrons. The maximum absolute atomic E-state index is 11.8. The summed E-state index contributed by atoms with van der Waals surface area (Å²) in [6.07, 6.45) is 5.98. The summed E-state index contributed by atoms with van der Waals surface area (Å²) < 4.78 is 0. The monoisotopic (exact) mass is 280 g/mol. The lowest BCUT2D eigenvalue weighted by atomic mass is 9.95. The van der Waals surface area contributed by atoms with Gasteiger partial charge >= 0.3 is 0 Å². The zero-order valence-corrected chi connectivity index (χ0v) is 11.9. The van der Waals surface area contributed by atoms with Crippen molar-refractivity contribution in [1.29, 1.82) is 0 Å². The minimum Gasteiger partial charge on any atom is -0.377 e. The summed E-state index contributed by atoms with van der Waals surface area (Å²) in [5.41, 5.74) is 0.670. The smallest absolute Gasteiger partial charge is 0.253 e. The maximum Gasteiger partial charge on any atom is 0.253 e. The van der Waals surface area contributed by atoms with E-state index in [0.29, 0.717) is 17.4 Å². The topological polar surface area (TPSA) is 49.4 Å². The van der Waals surface area contributed by atoms with Gasteiger partial charge in [0.05, 0.1) is 0 Å². The molecule has 1 saturated heterocycles. The molecule has 104 valence electrons. The normalized spacial score (nSPS) is 21.8. The van der Waals surface area contributed by atoms with Crippen LogP contribution in [0.3, 0.4) is 0 Å². The fourth-order valence-corrected chi connectivity index (χ4v) is 3.96. The van der Waals surface area contributed by atoms with Gasteiger partial charge in [0.2, 0.25) is 0 Å². The number of nitrogens with one attached hydrogen (secondary N) is 1. The van der Waals surface area contributed by atoms with Crippen LogP contribution in [0.5, 0.6) is 0 Å². The molecule has 3 rings (SSSR count). The predicted octanol–water partition coefficient (Wildman–Crippen LogP) is 1.58. The Kier molecular flexibility index (Phi) is 3.82. The Morgan fingerprint density at radius 1 is 1.00 bits per heavy atom. The van der Waals surface area contributed by atoms with Crippen molar-refractivity contribution in [2.24, 2.45) is 0 Å². The van der Waals surface area contributed by atoms with E-state index in [1.807, 2.05) is 11.8 Å². The van der Waals surface area contributed by atoms with Crippen LogP contribution in [0.4, 0.5) is 11.4 Å². The number of hydrogen-bond acceptors (Lipinski definition) is 5. The first-order valence-electron chi connectivity index (χ1n) is 7.20. The highest BCUT2D eigenvalue weighted by Gasteiger charge is 2.28. The second kappa shape index (κ2) is 5.57. The van der Waals surface area contributed by atoms with E-state index >= 15 is 0 Å². The van der Waals surface area contributed by atoms with E-state index in [-0.39, 0.29) is 10.9 Å². The Labute approximate surface area is 117 Å². The van der Waals surface area contributed by atoms with Gasteiger partial charge in [-0.1, -0.05) is 19.3 Å². The average Bonchev–Trinajstić information content (AvgIpc) is 2.48. The van der Waals surface area contributed by atoms with E-state index in [0.717, 1.165) is 37.4 Å². The van der Waals surface area contributed by atoms with Crippen molar-refractivity contribution in [2.45, 2.75) is 38.1 Å². The Bertz CT molecular complexity index is 510. The first kappa shape index (κ1) is 13.0. The molecule has 0 spiro atoms. The number of thioether (sulfide) groups is 1. The lowest BCUT2D eigenvalue weighted by Crippen LogP contribution is -2.46. The van der Waals surface area contributed by atoms with Crippen molar-refractivity contribution in [1.82, 2.24) is 0 Å². The zero-order valence-electron chi connectivity index (χ0n) is 11.1. The van der Waals surface area contributed by atoms with E-state index < -0.39 is 0 Å². The predicted molar refractivity (Wildman–Crippen MR) is 81.4 cm³/mol. The highest BCUT2D eigenvalue weighted by molar-refractivity contribution is 7.99. The second-order valence-electron chi connectivity index (χ2n) is 5.46. The summed E-state index contributed by atoms with van der Waals surface area (Å²) in [7, 11) is 0. The molecule has 0 bridgehead atoms. The molecule has 0 aromatic heterocycles. The molecule has 0 atom stereocenters. The molecule has 19 heavy (non-hydrogen) atoms. The molecule has 2 fully saturated rings. The summed E-state index contributed by atoms with van der Waals surface area (Å²) in [5, 5.41) is 3.34. The molecule has 0 amide bonds. The Morgan fingerprint density at radius 3 is 2.37 bits per heavy atom. The SMILES string of the molecule is O=c1c(NC2CCCCC2)c(N2CCSCC2)c1=O. The van der Waals surface area contributed by atoms with E-state index in [9.17, 15) is 9.59 Å². The van der Waals surface area contributed by atoms with Crippen LogP contribution < -0.4 is 21.1 Å². The van der Waals surface area contributed by atoms with Crippen LogP contribution in [0.25, 0.3) is 0 Å². The van der Waals surface area contributed by atoms with Crippen molar-refractivity contribution in [2.75, 3.05) is 34.8 Å². The third-order valence-electron chi connectivity index (χ3n) is 4.17. The standard InChI is InChI=1S/C14H20N2O2S/c17-13-11(15-10-4-2-1-3-5-10)12(14(13)18)16-6-8-19-9-7-16/h10,15H,1-9H2. The minimum atomic E-state index is -0.307. The van der Waals surface area contributed by atoms with Crippen LogP contribution in [0, 0.1) is 0 Å². The first-order chi connectivity index (χ1) is 9.27. The van der Waals surface area contributed by atoms with Gasteiger partial charge in [0, 0.05) is 30.6 Å². The Morgan fingerprint density at radius 2 is 1.68 bits per heavy atom. The van der Waals surface area contributed by atoms with Crippen LogP contribution in [0.2, 0.25) is 0 Å². The van der Waals surface area contributed by atoms with Gasteiger partial charge in [-0.05, 0) is 12.8 Å². The van der Waals surface area contributed by atoms with E-state index in [1.54, 1.807) is 0 Å². The highest BCUT2D eigenvalue weighted by atomic mass is 32.2. The van der Waals surface area contributed by atoms with Crippen molar-refractivity contribution < 1.29 is 0 Å². The van der Waals surface area contributed by atoms with E-state index in [2.05, 4.69) is 10.2 Å². The zero-order chi connectivity index (χ0) is 13.2. The lowest BCUT2D eigenvalue weighted by Gasteiger charge is -2.32. The highest BCUT2D eigenvalue weighted by Crippen LogP contribution is 2.27. The molecule has 1 N–H and O–H groups in total. The quantitative estimate of drug-likeness (QED) is 0.852. The molecule has 4 nitrogen and oxygen atoms in total. The van der Waals surface area contributed by atoms with Crippen LogP contribution in [-0.4, -0.2) is 30.6 Å². The minimum absolute atomic E-state index is 0.287. The van der Waals surface area contributed by atoms with Gasteiger partial charge in [-0.2, -0.15) is 11.8 Å². The fraction of sp³-hybridized carbons (Fsp3) is 0.714. The molecule has 1 saturated carbocycles. The molecule has 2 aliphatic rings. The van der Waals surface area contributed by atoms with Gasteiger partial charge in [-0.3, -0.25) is 9.59 Å². The third-order valence-corrected chi connectivity index (χ3v) is 5.11. The molecule has 1 aromatic rings. The van der Waals surface area contributed by atoms with Crippen molar-refractivity contribution >= 4 is 23.1 Å². The Balaban J connectivity index is 1.75. The second-order valence-corrected chi connectivity index (χ2v) is 6.69. The lowest BCUT2D eigenvalue weighted by molar-refractivity contribution is 0.462. The van der Waals surface area contributed by atoms with Crippen LogP contribution in [0.1, 0.15) is 32.1 Å². The van der Waals surface area contributed by atoms with Gasteiger partial charge in [-0.15, -0.1) is 0 Å². The van der Waals surface area contributed by atoms with Crippen molar-refractivity contribution in [3.05, 3.63) is 20.4 Å². The first-order valence-corrected chi connectivity index (χ1v) is 8.35. The molecule has 5 heteroatoms. The van der Waals surface area contributed by atoms with E-state index in [4.69, 9.17) is 0 Å². The Hall–Kier alpha value is -0.970.